The van der Waals surface area contributed by atoms with Crippen LogP contribution in [0.3, 0.4) is 0 Å². The smallest absolute Gasteiger partial charge is 0.232 e. The Bertz CT molecular complexity index is 827. The highest BCUT2D eigenvalue weighted by Gasteiger charge is 2.45. The van der Waals surface area contributed by atoms with E-state index in [4.69, 9.17) is 9.47 Å². The molecule has 1 aliphatic heterocycles. The van der Waals surface area contributed by atoms with Crippen LogP contribution in [0.25, 0.3) is 0 Å². The molecule has 10 nitrogen and oxygen atoms in total. The van der Waals surface area contributed by atoms with Gasteiger partial charge in [0.1, 0.15) is 24.4 Å². The summed E-state index contributed by atoms with van der Waals surface area (Å²) < 4.78 is 10.5. The van der Waals surface area contributed by atoms with Crippen LogP contribution in [0.2, 0.25) is 0 Å². The summed E-state index contributed by atoms with van der Waals surface area (Å²) in [6.07, 6.45) is -7.84. The molecule has 0 amide bonds. The maximum absolute atomic E-state index is 12.2. The lowest BCUT2D eigenvalue weighted by Gasteiger charge is -2.39. The summed E-state index contributed by atoms with van der Waals surface area (Å²) in [6, 6.07) is 2.35. The van der Waals surface area contributed by atoms with Gasteiger partial charge in [0.15, 0.2) is 23.0 Å². The Morgan fingerprint density at radius 2 is 1.70 bits per heavy atom. The molecule has 6 N–H and O–H groups in total. The number of hydrogen-bond acceptors (Lipinski definition) is 10. The number of carbonyl (C=O) groups excluding carboxylic acids is 2. The van der Waals surface area contributed by atoms with E-state index in [2.05, 4.69) is 0 Å². The van der Waals surface area contributed by atoms with E-state index in [0.717, 1.165) is 6.07 Å². The van der Waals surface area contributed by atoms with Crippen LogP contribution in [0.15, 0.2) is 23.5 Å². The lowest BCUT2D eigenvalue weighted by molar-refractivity contribution is -0.277. The number of allylic oxidation sites excluding steroid dienone is 2. The Morgan fingerprint density at radius 1 is 1.04 bits per heavy atom. The molecule has 27 heavy (non-hydrogen) atoms. The summed E-state index contributed by atoms with van der Waals surface area (Å²) in [4.78, 5) is 24.4. The predicted molar refractivity (Wildman–Crippen MR) is 86.5 cm³/mol. The third-order valence-electron chi connectivity index (χ3n) is 4.62. The van der Waals surface area contributed by atoms with Crippen LogP contribution in [0, 0.1) is 0 Å². The van der Waals surface area contributed by atoms with E-state index in [0.29, 0.717) is 0 Å². The van der Waals surface area contributed by atoms with E-state index in [-0.39, 0.29) is 16.9 Å². The topological polar surface area (TPSA) is 174 Å². The second kappa shape index (κ2) is 6.91. The second-order valence-electron chi connectivity index (χ2n) is 6.28. The van der Waals surface area contributed by atoms with Gasteiger partial charge in [0.25, 0.3) is 0 Å². The number of aromatic hydroxyl groups is 1. The zero-order valence-corrected chi connectivity index (χ0v) is 14.1. The average molecular weight is 382 g/mol. The summed E-state index contributed by atoms with van der Waals surface area (Å²) in [7, 11) is 0. The van der Waals surface area contributed by atoms with E-state index in [1.165, 1.54) is 13.0 Å². The third kappa shape index (κ3) is 2.97. The normalized spacial score (nSPS) is 31.1. The van der Waals surface area contributed by atoms with Crippen molar-refractivity contribution in [3.05, 3.63) is 34.6 Å². The minimum Gasteiger partial charge on any atom is -0.504 e. The van der Waals surface area contributed by atoms with Crippen LogP contribution < -0.4 is 4.74 Å². The van der Waals surface area contributed by atoms with Crippen molar-refractivity contribution in [3.8, 4) is 11.5 Å². The Labute approximate surface area is 152 Å². The fourth-order valence-corrected chi connectivity index (χ4v) is 2.97. The summed E-state index contributed by atoms with van der Waals surface area (Å²) in [5.74, 6) is -3.54. The number of rotatable bonds is 3. The number of aliphatic hydroxyl groups is 5. The minimum absolute atomic E-state index is 0.131. The number of fused-ring (bicyclic) bond motifs is 1. The number of phenols is 1. The molecule has 1 aliphatic carbocycles. The quantitative estimate of drug-likeness (QED) is 0.372. The largest absolute Gasteiger partial charge is 0.504 e. The number of ketones is 2. The van der Waals surface area contributed by atoms with Crippen molar-refractivity contribution in [2.75, 3.05) is 6.61 Å². The van der Waals surface area contributed by atoms with Gasteiger partial charge in [-0.25, -0.2) is 0 Å². The summed E-state index contributed by atoms with van der Waals surface area (Å²) in [5.41, 5.74) is -0.756. The molecule has 2 aliphatic rings. The molecule has 0 bridgehead atoms. The van der Waals surface area contributed by atoms with Crippen molar-refractivity contribution in [1.82, 2.24) is 0 Å². The molecule has 1 fully saturated rings. The van der Waals surface area contributed by atoms with Crippen LogP contribution in [0.1, 0.15) is 27.6 Å². The van der Waals surface area contributed by atoms with E-state index < -0.39 is 66.0 Å². The molecule has 0 radical (unpaired) electrons. The fraction of sp³-hybridized carbons (Fsp3) is 0.412. The van der Waals surface area contributed by atoms with E-state index in [9.17, 15) is 40.2 Å². The van der Waals surface area contributed by atoms with Crippen LogP contribution in [0.4, 0.5) is 0 Å². The standard InChI is InChI=1S/C17H18O10/c1-5-10(19)6-2-3-7(12(21)9(6)14(23)11(5)20)26-17-16(25)15(24)13(22)8(4-18)27-17/h2-3,8,13,15-18,20-22,24-25H,4H2,1H3/t8?,13-,15?,16?,17-/m1/s1. The maximum Gasteiger partial charge on any atom is 0.232 e. The molecule has 3 unspecified atom stereocenters. The highest BCUT2D eigenvalue weighted by atomic mass is 16.7. The number of aliphatic hydroxyl groups excluding tert-OH is 5. The van der Waals surface area contributed by atoms with Gasteiger partial charge < -0.3 is 40.1 Å². The molecular weight excluding hydrogens is 364 g/mol. The number of Topliss-reactive ketones (excluding diaryl/α,β-unsaturated/α-hetero) is 2. The molecule has 0 aromatic heterocycles. The van der Waals surface area contributed by atoms with Crippen LogP contribution in [-0.2, 0) is 4.74 Å². The molecule has 10 heteroatoms. The molecule has 3 rings (SSSR count). The third-order valence-corrected chi connectivity index (χ3v) is 4.62. The highest BCUT2D eigenvalue weighted by Crippen LogP contribution is 2.39. The van der Waals surface area contributed by atoms with Gasteiger partial charge in [0.05, 0.1) is 12.2 Å². The number of phenolic OH excluding ortho intramolecular Hbond substituents is 1. The fourth-order valence-electron chi connectivity index (χ4n) is 2.97. The number of benzene rings is 1. The van der Waals surface area contributed by atoms with Crippen molar-refractivity contribution in [3.63, 3.8) is 0 Å². The first-order valence-electron chi connectivity index (χ1n) is 8.01. The van der Waals surface area contributed by atoms with E-state index >= 15 is 0 Å². The molecule has 5 atom stereocenters. The average Bonchev–Trinajstić information content (AvgIpc) is 2.66. The maximum atomic E-state index is 12.2. The summed E-state index contributed by atoms with van der Waals surface area (Å²) in [6.45, 7) is 0.597. The zero-order valence-electron chi connectivity index (χ0n) is 14.1. The number of hydrogen-bond donors (Lipinski definition) is 6. The van der Waals surface area contributed by atoms with Gasteiger partial charge in [0, 0.05) is 11.1 Å². The summed E-state index contributed by atoms with van der Waals surface area (Å²) >= 11 is 0. The first kappa shape index (κ1) is 19.3. The molecule has 1 heterocycles. The van der Waals surface area contributed by atoms with Crippen LogP contribution in [-0.4, -0.2) is 79.5 Å². The first-order valence-corrected chi connectivity index (χ1v) is 8.01. The van der Waals surface area contributed by atoms with Crippen molar-refractivity contribution >= 4 is 11.6 Å². The van der Waals surface area contributed by atoms with Gasteiger partial charge in [-0.05, 0) is 19.1 Å². The number of ether oxygens (including phenoxy) is 2. The summed E-state index contributed by atoms with van der Waals surface area (Å²) in [5, 5.41) is 58.8. The molecule has 1 aromatic rings. The van der Waals surface area contributed by atoms with Crippen molar-refractivity contribution in [2.45, 2.75) is 37.6 Å². The molecule has 1 saturated heterocycles. The molecule has 0 saturated carbocycles. The molecule has 146 valence electrons. The Kier molecular flexibility index (Phi) is 4.93. The predicted octanol–water partition coefficient (Wildman–Crippen LogP) is -1.22. The second-order valence-corrected chi connectivity index (χ2v) is 6.28. The van der Waals surface area contributed by atoms with Gasteiger partial charge in [0.2, 0.25) is 12.1 Å². The van der Waals surface area contributed by atoms with Crippen LogP contribution >= 0.6 is 0 Å². The van der Waals surface area contributed by atoms with Gasteiger partial charge >= 0.3 is 0 Å². The highest BCUT2D eigenvalue weighted by molar-refractivity contribution is 6.27. The Balaban J connectivity index is 1.95. The number of carbonyl (C=O) groups is 2. The monoisotopic (exact) mass is 382 g/mol. The molecule has 1 aromatic carbocycles. The van der Waals surface area contributed by atoms with Gasteiger partial charge in [-0.3, -0.25) is 9.59 Å². The van der Waals surface area contributed by atoms with E-state index in [1.54, 1.807) is 0 Å². The minimum atomic E-state index is -1.73. The Morgan fingerprint density at radius 3 is 2.33 bits per heavy atom. The Hall–Kier alpha value is -2.50. The lowest BCUT2D eigenvalue weighted by atomic mass is 9.88. The molecule has 0 spiro atoms. The van der Waals surface area contributed by atoms with Crippen LogP contribution in [0.5, 0.6) is 11.5 Å². The molecular formula is C17H18O10. The van der Waals surface area contributed by atoms with Gasteiger partial charge in [-0.2, -0.15) is 0 Å². The van der Waals surface area contributed by atoms with E-state index in [1.807, 2.05) is 0 Å². The lowest BCUT2D eigenvalue weighted by Crippen LogP contribution is -2.60. The first-order chi connectivity index (χ1) is 12.7. The van der Waals surface area contributed by atoms with Crippen molar-refractivity contribution < 1.29 is 49.7 Å². The zero-order chi connectivity index (χ0) is 20.0. The van der Waals surface area contributed by atoms with Gasteiger partial charge in [-0.15, -0.1) is 0 Å². The van der Waals surface area contributed by atoms with Crippen molar-refractivity contribution in [2.24, 2.45) is 0 Å². The van der Waals surface area contributed by atoms with Crippen molar-refractivity contribution in [1.29, 1.82) is 0 Å². The van der Waals surface area contributed by atoms with Gasteiger partial charge in [-0.1, -0.05) is 0 Å². The SMILES string of the molecule is CC1=C(O)C(=O)c2c(ccc(O[C@@H]3OC(CO)[C@@H](O)C(O)C3O)c2O)C1=O.